The van der Waals surface area contributed by atoms with Gasteiger partial charge in [0.15, 0.2) is 0 Å². The zero-order valence-electron chi connectivity index (χ0n) is 11.6. The van der Waals surface area contributed by atoms with Gasteiger partial charge in [-0.2, -0.15) is 0 Å². The van der Waals surface area contributed by atoms with E-state index in [0.29, 0.717) is 5.56 Å². The summed E-state index contributed by atoms with van der Waals surface area (Å²) in [7, 11) is -3.71. The van der Waals surface area contributed by atoms with Gasteiger partial charge in [0.05, 0.1) is 4.90 Å². The second-order valence-corrected chi connectivity index (χ2v) is 6.51. The molecule has 6 heteroatoms. The highest BCUT2D eigenvalue weighted by Crippen LogP contribution is 2.16. The molecule has 2 aromatic rings. The number of hydrogen-bond acceptors (Lipinski definition) is 3. The first-order valence-electron chi connectivity index (χ1n) is 6.46. The van der Waals surface area contributed by atoms with E-state index >= 15 is 0 Å². The molecule has 0 amide bonds. The van der Waals surface area contributed by atoms with Crippen molar-refractivity contribution in [2.75, 3.05) is 6.54 Å². The average Bonchev–Trinajstić information content (AvgIpc) is 2.45. The largest absolute Gasteiger partial charge is 0.323 e. The van der Waals surface area contributed by atoms with E-state index in [2.05, 4.69) is 4.72 Å². The van der Waals surface area contributed by atoms with E-state index in [0.717, 1.165) is 11.6 Å². The standard InChI is InChI=1S/C15H17FN2O2S/c1-11-9-13(16)7-8-15(11)21(19,20)18-10-14(17)12-5-3-2-4-6-12/h2-9,14,18H,10,17H2,1H3. The molecule has 0 radical (unpaired) electrons. The Morgan fingerprint density at radius 2 is 1.86 bits per heavy atom. The molecule has 112 valence electrons. The molecule has 3 N–H and O–H groups in total. The van der Waals surface area contributed by atoms with Gasteiger partial charge in [-0.1, -0.05) is 30.3 Å². The molecule has 21 heavy (non-hydrogen) atoms. The first-order valence-corrected chi connectivity index (χ1v) is 7.95. The van der Waals surface area contributed by atoms with Crippen LogP contribution in [0.5, 0.6) is 0 Å². The predicted octanol–water partition coefficient (Wildman–Crippen LogP) is 2.11. The summed E-state index contributed by atoms with van der Waals surface area (Å²) in [5.74, 6) is -0.465. The molecule has 4 nitrogen and oxygen atoms in total. The third kappa shape index (κ3) is 3.87. The Balaban J connectivity index is 2.11. The number of nitrogens with two attached hydrogens (primary N) is 1. The first-order chi connectivity index (χ1) is 9.90. The Morgan fingerprint density at radius 3 is 2.48 bits per heavy atom. The zero-order chi connectivity index (χ0) is 15.5. The maximum absolute atomic E-state index is 13.0. The monoisotopic (exact) mass is 308 g/mol. The summed E-state index contributed by atoms with van der Waals surface area (Å²) in [6, 6.07) is 12.3. The lowest BCUT2D eigenvalue weighted by Crippen LogP contribution is -2.32. The maximum Gasteiger partial charge on any atom is 0.240 e. The summed E-state index contributed by atoms with van der Waals surface area (Å²) in [4.78, 5) is 0.0594. The van der Waals surface area contributed by atoms with Gasteiger partial charge in [-0.3, -0.25) is 0 Å². The Hall–Kier alpha value is -1.76. The summed E-state index contributed by atoms with van der Waals surface area (Å²) >= 11 is 0. The van der Waals surface area contributed by atoms with Gasteiger partial charge in [0.2, 0.25) is 10.0 Å². The van der Waals surface area contributed by atoms with Gasteiger partial charge in [0.1, 0.15) is 5.82 Å². The molecular formula is C15H17FN2O2S. The normalized spacial score (nSPS) is 13.1. The van der Waals surface area contributed by atoms with Crippen molar-refractivity contribution in [3.05, 3.63) is 65.5 Å². The van der Waals surface area contributed by atoms with Gasteiger partial charge in [0, 0.05) is 12.6 Å². The van der Waals surface area contributed by atoms with Crippen LogP contribution in [0.15, 0.2) is 53.4 Å². The number of nitrogens with one attached hydrogen (secondary N) is 1. The van der Waals surface area contributed by atoms with E-state index < -0.39 is 21.9 Å². The van der Waals surface area contributed by atoms with Crippen LogP contribution < -0.4 is 10.5 Å². The van der Waals surface area contributed by atoms with Gasteiger partial charge in [0.25, 0.3) is 0 Å². The fraction of sp³-hybridized carbons (Fsp3) is 0.200. The molecule has 0 aliphatic heterocycles. The van der Waals surface area contributed by atoms with Crippen molar-refractivity contribution >= 4 is 10.0 Å². The van der Waals surface area contributed by atoms with Crippen molar-refractivity contribution < 1.29 is 12.8 Å². The molecule has 0 bridgehead atoms. The summed E-state index contributed by atoms with van der Waals surface area (Å²) in [5.41, 5.74) is 7.16. The van der Waals surface area contributed by atoms with Gasteiger partial charge >= 0.3 is 0 Å². The van der Waals surface area contributed by atoms with Crippen LogP contribution in [0.25, 0.3) is 0 Å². The van der Waals surface area contributed by atoms with E-state index in [4.69, 9.17) is 5.73 Å². The SMILES string of the molecule is Cc1cc(F)ccc1S(=O)(=O)NCC(N)c1ccccc1. The third-order valence-electron chi connectivity index (χ3n) is 3.15. The minimum absolute atomic E-state index is 0.0594. The molecule has 0 spiro atoms. The van der Waals surface area contributed by atoms with Crippen LogP contribution in [0.3, 0.4) is 0 Å². The van der Waals surface area contributed by atoms with E-state index in [1.54, 1.807) is 6.92 Å². The van der Waals surface area contributed by atoms with Gasteiger partial charge in [-0.05, 0) is 36.2 Å². The van der Waals surface area contributed by atoms with Crippen molar-refractivity contribution in [2.45, 2.75) is 17.9 Å². The van der Waals surface area contributed by atoms with Crippen molar-refractivity contribution in [3.63, 3.8) is 0 Å². The lowest BCUT2D eigenvalue weighted by Gasteiger charge is -2.14. The fourth-order valence-corrected chi connectivity index (χ4v) is 3.29. The number of benzene rings is 2. The number of halogens is 1. The minimum atomic E-state index is -3.71. The molecule has 0 saturated carbocycles. The number of aryl methyl sites for hydroxylation is 1. The second-order valence-electron chi connectivity index (χ2n) is 4.78. The molecule has 0 aromatic heterocycles. The average molecular weight is 308 g/mol. The summed E-state index contributed by atoms with van der Waals surface area (Å²) in [5, 5.41) is 0. The molecular weight excluding hydrogens is 291 g/mol. The third-order valence-corrected chi connectivity index (χ3v) is 4.73. The van der Waals surface area contributed by atoms with Crippen LogP contribution in [-0.4, -0.2) is 15.0 Å². The molecule has 2 aromatic carbocycles. The number of sulfonamides is 1. The molecule has 0 saturated heterocycles. The Bertz CT molecular complexity index is 718. The first kappa shape index (κ1) is 15.6. The van der Waals surface area contributed by atoms with E-state index in [1.807, 2.05) is 30.3 Å². The Morgan fingerprint density at radius 1 is 1.19 bits per heavy atom. The van der Waals surface area contributed by atoms with Crippen LogP contribution in [-0.2, 0) is 10.0 Å². The second kappa shape index (κ2) is 6.34. The summed E-state index contributed by atoms with van der Waals surface area (Å²) in [6.45, 7) is 1.62. The Labute approximate surface area is 123 Å². The zero-order valence-corrected chi connectivity index (χ0v) is 12.4. The minimum Gasteiger partial charge on any atom is -0.323 e. The summed E-state index contributed by atoms with van der Waals surface area (Å²) < 4.78 is 39.9. The van der Waals surface area contributed by atoms with Crippen LogP contribution in [0.4, 0.5) is 4.39 Å². The van der Waals surface area contributed by atoms with Crippen molar-refractivity contribution in [1.29, 1.82) is 0 Å². The van der Waals surface area contributed by atoms with Crippen molar-refractivity contribution in [3.8, 4) is 0 Å². The van der Waals surface area contributed by atoms with Gasteiger partial charge in [-0.25, -0.2) is 17.5 Å². The Kier molecular flexibility index (Phi) is 4.72. The highest BCUT2D eigenvalue weighted by atomic mass is 32.2. The van der Waals surface area contributed by atoms with Crippen molar-refractivity contribution in [1.82, 2.24) is 4.72 Å². The molecule has 0 heterocycles. The van der Waals surface area contributed by atoms with E-state index in [1.165, 1.54) is 12.1 Å². The summed E-state index contributed by atoms with van der Waals surface area (Å²) in [6.07, 6.45) is 0. The highest BCUT2D eigenvalue weighted by molar-refractivity contribution is 7.89. The van der Waals surface area contributed by atoms with E-state index in [-0.39, 0.29) is 11.4 Å². The molecule has 0 fully saturated rings. The lowest BCUT2D eigenvalue weighted by molar-refractivity contribution is 0.570. The topological polar surface area (TPSA) is 72.2 Å². The molecule has 0 aliphatic rings. The van der Waals surface area contributed by atoms with Crippen LogP contribution >= 0.6 is 0 Å². The van der Waals surface area contributed by atoms with Gasteiger partial charge in [-0.15, -0.1) is 0 Å². The predicted molar refractivity (Wildman–Crippen MR) is 79.7 cm³/mol. The maximum atomic E-state index is 13.0. The lowest BCUT2D eigenvalue weighted by atomic mass is 10.1. The van der Waals surface area contributed by atoms with Crippen LogP contribution in [0, 0.1) is 12.7 Å². The number of rotatable bonds is 5. The molecule has 0 aliphatic carbocycles. The molecule has 1 unspecified atom stereocenters. The van der Waals surface area contributed by atoms with Crippen LogP contribution in [0.2, 0.25) is 0 Å². The van der Waals surface area contributed by atoms with Gasteiger partial charge < -0.3 is 5.73 Å². The molecule has 1 atom stereocenters. The van der Waals surface area contributed by atoms with E-state index in [9.17, 15) is 12.8 Å². The quantitative estimate of drug-likeness (QED) is 0.888. The smallest absolute Gasteiger partial charge is 0.240 e. The highest BCUT2D eigenvalue weighted by Gasteiger charge is 2.18. The fourth-order valence-electron chi connectivity index (χ4n) is 2.01. The number of hydrogen-bond donors (Lipinski definition) is 2. The molecule has 2 rings (SSSR count). The van der Waals surface area contributed by atoms with Crippen LogP contribution in [0.1, 0.15) is 17.2 Å². The van der Waals surface area contributed by atoms with Crippen molar-refractivity contribution in [2.24, 2.45) is 5.73 Å².